The first-order chi connectivity index (χ1) is 9.47. The van der Waals surface area contributed by atoms with Gasteiger partial charge in [-0.25, -0.2) is 0 Å². The quantitative estimate of drug-likeness (QED) is 0.915. The molecule has 0 saturated carbocycles. The molecule has 112 valence electrons. The SMILES string of the molecule is Cc1ccc(C)c(C(N)CN(C)C2CCN(C)CC2)c1. The van der Waals surface area contributed by atoms with Crippen molar-refractivity contribution in [3.05, 3.63) is 34.9 Å². The van der Waals surface area contributed by atoms with Crippen LogP contribution in [0.15, 0.2) is 18.2 Å². The molecule has 0 spiro atoms. The van der Waals surface area contributed by atoms with Crippen LogP contribution >= 0.6 is 0 Å². The molecule has 0 amide bonds. The van der Waals surface area contributed by atoms with E-state index in [1.165, 1.54) is 42.6 Å². The molecule has 1 saturated heterocycles. The Morgan fingerprint density at radius 2 is 1.95 bits per heavy atom. The Labute approximate surface area is 123 Å². The number of aryl methyl sites for hydroxylation is 2. The summed E-state index contributed by atoms with van der Waals surface area (Å²) < 4.78 is 0. The minimum Gasteiger partial charge on any atom is -0.323 e. The van der Waals surface area contributed by atoms with Gasteiger partial charge < -0.3 is 15.5 Å². The van der Waals surface area contributed by atoms with Gasteiger partial charge in [-0.15, -0.1) is 0 Å². The molecule has 0 aromatic heterocycles. The van der Waals surface area contributed by atoms with Gasteiger partial charge in [0, 0.05) is 18.6 Å². The summed E-state index contributed by atoms with van der Waals surface area (Å²) in [5.41, 5.74) is 10.3. The summed E-state index contributed by atoms with van der Waals surface area (Å²) in [6.07, 6.45) is 2.51. The van der Waals surface area contributed by atoms with Crippen LogP contribution in [0.4, 0.5) is 0 Å². The fraction of sp³-hybridized carbons (Fsp3) is 0.647. The first-order valence-electron chi connectivity index (χ1n) is 7.69. The van der Waals surface area contributed by atoms with Crippen molar-refractivity contribution < 1.29 is 0 Å². The second kappa shape index (κ2) is 6.70. The molecule has 2 rings (SSSR count). The third-order valence-corrected chi connectivity index (χ3v) is 4.63. The van der Waals surface area contributed by atoms with Gasteiger partial charge in [0.25, 0.3) is 0 Å². The van der Waals surface area contributed by atoms with Gasteiger partial charge in [-0.3, -0.25) is 0 Å². The Morgan fingerprint density at radius 1 is 1.30 bits per heavy atom. The van der Waals surface area contributed by atoms with E-state index in [1.807, 2.05) is 0 Å². The zero-order valence-electron chi connectivity index (χ0n) is 13.4. The first-order valence-corrected chi connectivity index (χ1v) is 7.69. The van der Waals surface area contributed by atoms with Crippen LogP contribution in [-0.2, 0) is 0 Å². The maximum Gasteiger partial charge on any atom is 0.0426 e. The van der Waals surface area contributed by atoms with Crippen LogP contribution < -0.4 is 5.73 Å². The molecule has 1 aliphatic rings. The van der Waals surface area contributed by atoms with E-state index in [2.05, 4.69) is 55.9 Å². The molecule has 20 heavy (non-hydrogen) atoms. The molecule has 1 unspecified atom stereocenters. The molecular formula is C17H29N3. The van der Waals surface area contributed by atoms with Crippen LogP contribution in [0.1, 0.15) is 35.6 Å². The number of benzene rings is 1. The topological polar surface area (TPSA) is 32.5 Å². The molecule has 1 atom stereocenters. The fourth-order valence-electron chi connectivity index (χ4n) is 3.15. The zero-order valence-corrected chi connectivity index (χ0v) is 13.4. The molecule has 1 heterocycles. The number of hydrogen-bond donors (Lipinski definition) is 1. The summed E-state index contributed by atoms with van der Waals surface area (Å²) >= 11 is 0. The standard InChI is InChI=1S/C17H29N3/c1-13-5-6-14(2)16(11-13)17(18)12-20(4)15-7-9-19(3)10-8-15/h5-6,11,15,17H,7-10,12,18H2,1-4H3. The third-order valence-electron chi connectivity index (χ3n) is 4.63. The number of hydrogen-bond acceptors (Lipinski definition) is 3. The number of nitrogens with two attached hydrogens (primary N) is 1. The molecule has 1 aromatic rings. The first kappa shape index (κ1) is 15.5. The van der Waals surface area contributed by atoms with E-state index in [0.29, 0.717) is 6.04 Å². The van der Waals surface area contributed by atoms with Gasteiger partial charge in [-0.2, -0.15) is 0 Å². The minimum atomic E-state index is 0.111. The predicted molar refractivity (Wildman–Crippen MR) is 86.0 cm³/mol. The van der Waals surface area contributed by atoms with E-state index >= 15 is 0 Å². The highest BCUT2D eigenvalue weighted by Crippen LogP contribution is 2.21. The van der Waals surface area contributed by atoms with Gasteiger partial charge in [0.05, 0.1) is 0 Å². The lowest BCUT2D eigenvalue weighted by Gasteiger charge is -2.36. The van der Waals surface area contributed by atoms with Crippen LogP contribution in [0, 0.1) is 13.8 Å². The van der Waals surface area contributed by atoms with E-state index in [0.717, 1.165) is 6.54 Å². The Bertz CT molecular complexity index is 436. The number of likely N-dealkylation sites (tertiary alicyclic amines) is 1. The van der Waals surface area contributed by atoms with Crippen LogP contribution in [0.3, 0.4) is 0 Å². The third kappa shape index (κ3) is 3.81. The maximum atomic E-state index is 6.45. The normalized spacial score (nSPS) is 19.5. The fourth-order valence-corrected chi connectivity index (χ4v) is 3.15. The Balaban J connectivity index is 1.96. The highest BCUT2D eigenvalue weighted by Gasteiger charge is 2.22. The molecule has 0 aliphatic carbocycles. The van der Waals surface area contributed by atoms with Crippen molar-refractivity contribution in [1.82, 2.24) is 9.80 Å². The monoisotopic (exact) mass is 275 g/mol. The lowest BCUT2D eigenvalue weighted by Crippen LogP contribution is -2.44. The van der Waals surface area contributed by atoms with E-state index in [4.69, 9.17) is 5.73 Å². The average Bonchev–Trinajstić information content (AvgIpc) is 2.42. The lowest BCUT2D eigenvalue weighted by atomic mass is 9.97. The van der Waals surface area contributed by atoms with Crippen molar-refractivity contribution in [2.75, 3.05) is 33.7 Å². The van der Waals surface area contributed by atoms with Crippen molar-refractivity contribution in [3.8, 4) is 0 Å². The molecular weight excluding hydrogens is 246 g/mol. The molecule has 3 heteroatoms. The van der Waals surface area contributed by atoms with Crippen molar-refractivity contribution in [2.45, 2.75) is 38.8 Å². The number of rotatable bonds is 4. The van der Waals surface area contributed by atoms with Gasteiger partial charge in [0.1, 0.15) is 0 Å². The van der Waals surface area contributed by atoms with E-state index in [-0.39, 0.29) is 6.04 Å². The molecule has 0 bridgehead atoms. The van der Waals surface area contributed by atoms with Gasteiger partial charge in [0.15, 0.2) is 0 Å². The van der Waals surface area contributed by atoms with E-state index in [9.17, 15) is 0 Å². The van der Waals surface area contributed by atoms with E-state index in [1.54, 1.807) is 0 Å². The van der Waals surface area contributed by atoms with Crippen molar-refractivity contribution in [1.29, 1.82) is 0 Å². The van der Waals surface area contributed by atoms with Crippen LogP contribution in [0.5, 0.6) is 0 Å². The molecule has 2 N–H and O–H groups in total. The minimum absolute atomic E-state index is 0.111. The Hall–Kier alpha value is -0.900. The molecule has 1 fully saturated rings. The zero-order chi connectivity index (χ0) is 14.7. The summed E-state index contributed by atoms with van der Waals surface area (Å²) in [5, 5.41) is 0. The maximum absolute atomic E-state index is 6.45. The lowest BCUT2D eigenvalue weighted by molar-refractivity contribution is 0.139. The van der Waals surface area contributed by atoms with Crippen LogP contribution in [-0.4, -0.2) is 49.6 Å². The Morgan fingerprint density at radius 3 is 2.60 bits per heavy atom. The molecule has 1 aliphatic heterocycles. The van der Waals surface area contributed by atoms with Crippen molar-refractivity contribution in [2.24, 2.45) is 5.73 Å². The molecule has 0 radical (unpaired) electrons. The number of nitrogens with zero attached hydrogens (tertiary/aromatic N) is 2. The summed E-state index contributed by atoms with van der Waals surface area (Å²) in [5.74, 6) is 0. The van der Waals surface area contributed by atoms with Gasteiger partial charge in [-0.1, -0.05) is 23.8 Å². The van der Waals surface area contributed by atoms with Crippen LogP contribution in [0.2, 0.25) is 0 Å². The summed E-state index contributed by atoms with van der Waals surface area (Å²) in [6, 6.07) is 7.37. The predicted octanol–water partition coefficient (Wildman–Crippen LogP) is 2.33. The average molecular weight is 275 g/mol. The summed E-state index contributed by atoms with van der Waals surface area (Å²) in [6.45, 7) is 7.64. The van der Waals surface area contributed by atoms with Gasteiger partial charge >= 0.3 is 0 Å². The second-order valence-electron chi connectivity index (χ2n) is 6.44. The molecule has 1 aromatic carbocycles. The highest BCUT2D eigenvalue weighted by atomic mass is 15.2. The largest absolute Gasteiger partial charge is 0.323 e. The van der Waals surface area contributed by atoms with Crippen molar-refractivity contribution in [3.63, 3.8) is 0 Å². The smallest absolute Gasteiger partial charge is 0.0426 e. The number of piperidine rings is 1. The van der Waals surface area contributed by atoms with Crippen molar-refractivity contribution >= 4 is 0 Å². The Kier molecular flexibility index (Phi) is 5.19. The van der Waals surface area contributed by atoms with Gasteiger partial charge in [0.2, 0.25) is 0 Å². The second-order valence-corrected chi connectivity index (χ2v) is 6.44. The van der Waals surface area contributed by atoms with E-state index < -0.39 is 0 Å². The van der Waals surface area contributed by atoms with Crippen LogP contribution in [0.25, 0.3) is 0 Å². The van der Waals surface area contributed by atoms with Gasteiger partial charge in [-0.05, 0) is 65.0 Å². The number of likely N-dealkylation sites (N-methyl/N-ethyl adjacent to an activating group) is 1. The molecule has 3 nitrogen and oxygen atoms in total. The highest BCUT2D eigenvalue weighted by molar-refractivity contribution is 5.33. The summed E-state index contributed by atoms with van der Waals surface area (Å²) in [4.78, 5) is 4.87. The summed E-state index contributed by atoms with van der Waals surface area (Å²) in [7, 11) is 4.43.